The molecule has 1 aliphatic heterocycles. The number of benzene rings is 1. The molecule has 1 aromatic carbocycles. The van der Waals surface area contributed by atoms with Gasteiger partial charge in [0.15, 0.2) is 23.3 Å². The Morgan fingerprint density at radius 1 is 1.16 bits per heavy atom. The first kappa shape index (κ1) is 19.0. The zero-order chi connectivity index (χ0) is 19.1. The highest BCUT2D eigenvalue weighted by molar-refractivity contribution is 5.81. The van der Waals surface area contributed by atoms with Gasteiger partial charge in [-0.15, -0.1) is 0 Å². The van der Waals surface area contributed by atoms with Gasteiger partial charge in [0.25, 0.3) is 0 Å². The van der Waals surface area contributed by atoms with Crippen LogP contribution >= 0.6 is 0 Å². The summed E-state index contributed by atoms with van der Waals surface area (Å²) in [6.07, 6.45) is -1.38. The molecule has 0 spiro atoms. The minimum atomic E-state index is -1.60. The van der Waals surface area contributed by atoms with Crippen molar-refractivity contribution < 1.29 is 37.0 Å². The van der Waals surface area contributed by atoms with Crippen LogP contribution in [-0.2, 0) is 9.53 Å². The molecule has 1 heterocycles. The monoisotopic (exact) mass is 363 g/mol. The number of amides is 1. The van der Waals surface area contributed by atoms with Crippen molar-refractivity contribution in [1.82, 2.24) is 4.90 Å². The molecule has 9 heteroatoms. The Morgan fingerprint density at radius 3 is 2.12 bits per heavy atom. The average Bonchev–Trinajstić information content (AvgIpc) is 2.89. The first-order valence-electron chi connectivity index (χ1n) is 7.47. The molecule has 0 radical (unpaired) electrons. The van der Waals surface area contributed by atoms with Crippen LogP contribution in [0.25, 0.3) is 0 Å². The Morgan fingerprint density at radius 2 is 1.68 bits per heavy atom. The minimum Gasteiger partial charge on any atom is -0.480 e. The molecular weight excluding hydrogens is 346 g/mol. The molecule has 1 fully saturated rings. The third-order valence-corrected chi connectivity index (χ3v) is 3.77. The molecule has 1 saturated heterocycles. The zero-order valence-corrected chi connectivity index (χ0v) is 13.8. The first-order valence-corrected chi connectivity index (χ1v) is 7.47. The molecule has 0 aromatic heterocycles. The quantitative estimate of drug-likeness (QED) is 0.646. The largest absolute Gasteiger partial charge is 0.480 e. The van der Waals surface area contributed by atoms with E-state index in [1.54, 1.807) is 20.8 Å². The fraction of sp³-hybridized carbons (Fsp3) is 0.500. The van der Waals surface area contributed by atoms with Gasteiger partial charge in [-0.2, -0.15) is 0 Å². The van der Waals surface area contributed by atoms with E-state index in [0.717, 1.165) is 4.90 Å². The predicted molar refractivity (Wildman–Crippen MR) is 78.0 cm³/mol. The van der Waals surface area contributed by atoms with Gasteiger partial charge < -0.3 is 9.84 Å². The van der Waals surface area contributed by atoms with Crippen molar-refractivity contribution in [2.75, 3.05) is 6.54 Å². The topological polar surface area (TPSA) is 66.8 Å². The summed E-state index contributed by atoms with van der Waals surface area (Å²) < 4.78 is 59.8. The molecule has 2 unspecified atom stereocenters. The van der Waals surface area contributed by atoms with Gasteiger partial charge in [0, 0.05) is 24.1 Å². The third kappa shape index (κ3) is 3.85. The molecule has 2 atom stereocenters. The molecule has 1 aliphatic rings. The average molecular weight is 363 g/mol. The minimum absolute atomic E-state index is 0.0728. The molecule has 25 heavy (non-hydrogen) atoms. The van der Waals surface area contributed by atoms with Crippen molar-refractivity contribution in [2.45, 2.75) is 44.8 Å². The normalized spacial score (nSPS) is 20.7. The van der Waals surface area contributed by atoms with Crippen molar-refractivity contribution >= 4 is 12.1 Å². The van der Waals surface area contributed by atoms with Crippen LogP contribution in [0, 0.1) is 23.3 Å². The van der Waals surface area contributed by atoms with Crippen LogP contribution in [0.5, 0.6) is 0 Å². The van der Waals surface area contributed by atoms with E-state index >= 15 is 0 Å². The summed E-state index contributed by atoms with van der Waals surface area (Å²) in [7, 11) is 0. The summed E-state index contributed by atoms with van der Waals surface area (Å²) in [4.78, 5) is 24.3. The smallest absolute Gasteiger partial charge is 0.411 e. The predicted octanol–water partition coefficient (Wildman–Crippen LogP) is 3.42. The Hall–Kier alpha value is -2.32. The lowest BCUT2D eigenvalue weighted by Gasteiger charge is -2.26. The second kappa shape index (κ2) is 6.53. The Kier molecular flexibility index (Phi) is 4.97. The fourth-order valence-corrected chi connectivity index (χ4v) is 2.75. The standard InChI is InChI=1S/C16H17F4NO4/c1-16(2,3)25-15(24)21-6-7(4-10(21)14(22)23)11-12(19)8(17)5-9(18)13(11)20/h5,7,10H,4,6H2,1-3H3,(H,22,23). The zero-order valence-electron chi connectivity index (χ0n) is 13.8. The highest BCUT2D eigenvalue weighted by Crippen LogP contribution is 2.37. The van der Waals surface area contributed by atoms with Gasteiger partial charge in [-0.05, 0) is 27.2 Å². The summed E-state index contributed by atoms with van der Waals surface area (Å²) in [6, 6.07) is -1.35. The van der Waals surface area contributed by atoms with E-state index in [2.05, 4.69) is 0 Å². The number of rotatable bonds is 2. The van der Waals surface area contributed by atoms with Crippen LogP contribution in [0.1, 0.15) is 38.7 Å². The maximum atomic E-state index is 14.0. The van der Waals surface area contributed by atoms with Crippen LogP contribution in [-0.4, -0.2) is 40.3 Å². The molecular formula is C16H17F4NO4. The maximum Gasteiger partial charge on any atom is 0.411 e. The molecule has 0 aliphatic carbocycles. The van der Waals surface area contributed by atoms with E-state index in [-0.39, 0.29) is 6.07 Å². The lowest BCUT2D eigenvalue weighted by Crippen LogP contribution is -2.43. The van der Waals surface area contributed by atoms with Gasteiger partial charge in [-0.3, -0.25) is 4.90 Å². The first-order chi connectivity index (χ1) is 11.4. The number of halogens is 4. The summed E-state index contributed by atoms with van der Waals surface area (Å²) in [5.74, 6) is -9.00. The summed E-state index contributed by atoms with van der Waals surface area (Å²) in [6.45, 7) is 4.25. The molecule has 1 amide bonds. The highest BCUT2D eigenvalue weighted by Gasteiger charge is 2.44. The van der Waals surface area contributed by atoms with Gasteiger partial charge in [-0.1, -0.05) is 0 Å². The second-order valence-electron chi connectivity index (χ2n) is 6.80. The number of hydrogen-bond donors (Lipinski definition) is 1. The number of carboxylic acids is 1. The fourth-order valence-electron chi connectivity index (χ4n) is 2.75. The summed E-state index contributed by atoms with van der Waals surface area (Å²) in [5, 5.41) is 9.26. The van der Waals surface area contributed by atoms with Gasteiger partial charge >= 0.3 is 12.1 Å². The van der Waals surface area contributed by atoms with Gasteiger partial charge in [-0.25, -0.2) is 27.2 Å². The molecule has 1 aromatic rings. The number of hydrogen-bond acceptors (Lipinski definition) is 3. The maximum absolute atomic E-state index is 14.0. The number of carboxylic acid groups (broad SMARTS) is 1. The van der Waals surface area contributed by atoms with Crippen molar-refractivity contribution in [3.05, 3.63) is 34.9 Å². The van der Waals surface area contributed by atoms with Crippen molar-refractivity contribution in [3.63, 3.8) is 0 Å². The molecule has 1 N–H and O–H groups in total. The molecule has 0 bridgehead atoms. The number of aliphatic carboxylic acids is 1. The van der Waals surface area contributed by atoms with E-state index in [4.69, 9.17) is 4.74 Å². The second-order valence-corrected chi connectivity index (χ2v) is 6.80. The highest BCUT2D eigenvalue weighted by atomic mass is 19.2. The van der Waals surface area contributed by atoms with Crippen molar-refractivity contribution in [3.8, 4) is 0 Å². The van der Waals surface area contributed by atoms with E-state index in [1.165, 1.54) is 0 Å². The number of ether oxygens (including phenoxy) is 1. The number of carbonyl (C=O) groups excluding carboxylic acids is 1. The summed E-state index contributed by atoms with van der Waals surface area (Å²) in [5.41, 5.74) is -1.82. The van der Waals surface area contributed by atoms with Crippen molar-refractivity contribution in [2.24, 2.45) is 0 Å². The molecule has 138 valence electrons. The number of carbonyl (C=O) groups is 2. The lowest BCUT2D eigenvalue weighted by molar-refractivity contribution is -0.142. The van der Waals surface area contributed by atoms with E-state index in [0.29, 0.717) is 0 Å². The molecule has 5 nitrogen and oxygen atoms in total. The van der Waals surface area contributed by atoms with Crippen LogP contribution in [0.2, 0.25) is 0 Å². The van der Waals surface area contributed by atoms with E-state index < -0.39 is 71.4 Å². The van der Waals surface area contributed by atoms with Crippen LogP contribution < -0.4 is 0 Å². The van der Waals surface area contributed by atoms with E-state index in [9.17, 15) is 32.3 Å². The Balaban J connectivity index is 2.38. The van der Waals surface area contributed by atoms with Crippen molar-refractivity contribution in [1.29, 1.82) is 0 Å². The van der Waals surface area contributed by atoms with Gasteiger partial charge in [0.2, 0.25) is 0 Å². The van der Waals surface area contributed by atoms with E-state index in [1.807, 2.05) is 0 Å². The number of nitrogens with zero attached hydrogens (tertiary/aromatic N) is 1. The summed E-state index contributed by atoms with van der Waals surface area (Å²) >= 11 is 0. The van der Waals surface area contributed by atoms with Crippen LogP contribution in [0.15, 0.2) is 6.07 Å². The lowest BCUT2D eigenvalue weighted by atomic mass is 9.95. The number of likely N-dealkylation sites (tertiary alicyclic amines) is 1. The Labute approximate surface area is 141 Å². The van der Waals surface area contributed by atoms with Gasteiger partial charge in [0.1, 0.15) is 11.6 Å². The Bertz CT molecular complexity index is 691. The SMILES string of the molecule is CC(C)(C)OC(=O)N1CC(c2c(F)c(F)cc(F)c2F)CC1C(=O)O. The van der Waals surface area contributed by atoms with Crippen LogP contribution in [0.4, 0.5) is 22.4 Å². The third-order valence-electron chi connectivity index (χ3n) is 3.77. The van der Waals surface area contributed by atoms with Crippen LogP contribution in [0.3, 0.4) is 0 Å². The molecule has 0 saturated carbocycles. The molecule has 2 rings (SSSR count). The van der Waals surface area contributed by atoms with Gasteiger partial charge in [0.05, 0.1) is 0 Å².